The average Bonchev–Trinajstić information content (AvgIpc) is 2.51. The van der Waals surface area contributed by atoms with E-state index in [9.17, 15) is 0 Å². The van der Waals surface area contributed by atoms with E-state index in [4.69, 9.17) is 23.2 Å². The molecular weight excluding hydrogens is 301 g/mol. The average molecular weight is 320 g/mol. The van der Waals surface area contributed by atoms with Crippen LogP contribution in [0.2, 0.25) is 10.0 Å². The molecule has 21 heavy (non-hydrogen) atoms. The lowest BCUT2D eigenvalue weighted by atomic mass is 9.77. The fourth-order valence-corrected chi connectivity index (χ4v) is 3.63. The van der Waals surface area contributed by atoms with Crippen LogP contribution in [0.1, 0.15) is 48.4 Å². The van der Waals surface area contributed by atoms with E-state index in [-0.39, 0.29) is 0 Å². The third kappa shape index (κ3) is 2.96. The molecule has 0 aliphatic heterocycles. The van der Waals surface area contributed by atoms with Gasteiger partial charge in [0.2, 0.25) is 0 Å². The first-order valence-corrected chi connectivity index (χ1v) is 8.23. The van der Waals surface area contributed by atoms with Gasteiger partial charge < -0.3 is 5.32 Å². The molecule has 0 unspecified atom stereocenters. The topological polar surface area (TPSA) is 12.0 Å². The zero-order valence-corrected chi connectivity index (χ0v) is 13.6. The van der Waals surface area contributed by atoms with Gasteiger partial charge in [0.1, 0.15) is 0 Å². The van der Waals surface area contributed by atoms with Crippen LogP contribution in [0.25, 0.3) is 0 Å². The summed E-state index contributed by atoms with van der Waals surface area (Å²) in [5, 5.41) is 4.85. The molecule has 0 heterocycles. The number of benzene rings is 2. The molecule has 0 aromatic heterocycles. The highest BCUT2D eigenvalue weighted by molar-refractivity contribution is 6.42. The molecule has 2 atom stereocenters. The van der Waals surface area contributed by atoms with Crippen LogP contribution in [0.5, 0.6) is 0 Å². The third-order valence-corrected chi connectivity index (χ3v) is 5.03. The summed E-state index contributed by atoms with van der Waals surface area (Å²) in [7, 11) is 0. The van der Waals surface area contributed by atoms with Crippen molar-refractivity contribution in [3.8, 4) is 0 Å². The molecule has 0 bridgehead atoms. The molecule has 0 amide bonds. The van der Waals surface area contributed by atoms with Crippen molar-refractivity contribution in [3.05, 3.63) is 69.2 Å². The van der Waals surface area contributed by atoms with E-state index in [1.165, 1.54) is 16.7 Å². The molecule has 1 N–H and O–H groups in total. The van der Waals surface area contributed by atoms with Crippen molar-refractivity contribution in [3.63, 3.8) is 0 Å². The molecule has 2 aromatic carbocycles. The Balaban J connectivity index is 2.00. The Morgan fingerprint density at radius 3 is 2.48 bits per heavy atom. The maximum Gasteiger partial charge on any atom is 0.0595 e. The third-order valence-electron chi connectivity index (χ3n) is 4.29. The van der Waals surface area contributed by atoms with Crippen LogP contribution < -0.4 is 5.32 Å². The van der Waals surface area contributed by atoms with Gasteiger partial charge in [0.05, 0.1) is 10.0 Å². The monoisotopic (exact) mass is 319 g/mol. The Hall–Kier alpha value is -1.02. The fourth-order valence-electron chi connectivity index (χ4n) is 3.32. The van der Waals surface area contributed by atoms with Gasteiger partial charge in [-0.1, -0.05) is 60.5 Å². The van der Waals surface area contributed by atoms with Crippen molar-refractivity contribution in [1.82, 2.24) is 5.32 Å². The highest BCUT2D eigenvalue weighted by atomic mass is 35.5. The number of hydrogen-bond donors (Lipinski definition) is 1. The summed E-state index contributed by atoms with van der Waals surface area (Å²) in [6.07, 6.45) is 2.28. The fraction of sp³-hybridized carbons (Fsp3) is 0.333. The molecule has 1 aliphatic rings. The molecule has 1 aliphatic carbocycles. The summed E-state index contributed by atoms with van der Waals surface area (Å²) in [4.78, 5) is 0. The molecular formula is C18H19Cl2N. The largest absolute Gasteiger partial charge is 0.310 e. The first kappa shape index (κ1) is 14.9. The minimum absolute atomic E-state index is 0.408. The van der Waals surface area contributed by atoms with Crippen molar-refractivity contribution in [2.45, 2.75) is 31.7 Å². The zero-order valence-electron chi connectivity index (χ0n) is 12.1. The van der Waals surface area contributed by atoms with Crippen molar-refractivity contribution in [2.24, 2.45) is 0 Å². The lowest BCUT2D eigenvalue weighted by Crippen LogP contribution is -2.26. The summed E-state index contributed by atoms with van der Waals surface area (Å²) in [6, 6.07) is 15.2. The number of fused-ring (bicyclic) bond motifs is 1. The Morgan fingerprint density at radius 1 is 1.00 bits per heavy atom. The second kappa shape index (κ2) is 6.39. The smallest absolute Gasteiger partial charge is 0.0595 e. The standard InChI is InChI=1S/C18H19Cl2N/c1-2-21-18-10-8-13(14-5-3-4-6-15(14)18)12-7-9-16(19)17(20)11-12/h3-7,9,11,13,18,21H,2,8,10H2,1H3/t13-,18-/m0/s1. The van der Waals surface area contributed by atoms with Crippen molar-refractivity contribution in [1.29, 1.82) is 0 Å². The highest BCUT2D eigenvalue weighted by Crippen LogP contribution is 2.42. The first-order chi connectivity index (χ1) is 10.2. The second-order valence-electron chi connectivity index (χ2n) is 5.54. The summed E-state index contributed by atoms with van der Waals surface area (Å²) in [5.74, 6) is 0.408. The van der Waals surface area contributed by atoms with Gasteiger partial charge in [0.25, 0.3) is 0 Å². The number of hydrogen-bond acceptors (Lipinski definition) is 1. The number of nitrogens with one attached hydrogen (secondary N) is 1. The van der Waals surface area contributed by atoms with Crippen LogP contribution in [-0.4, -0.2) is 6.54 Å². The summed E-state index contributed by atoms with van der Waals surface area (Å²) in [6.45, 7) is 3.16. The van der Waals surface area contributed by atoms with E-state index in [1.54, 1.807) is 0 Å². The maximum atomic E-state index is 6.19. The molecule has 110 valence electrons. The normalized spacial score (nSPS) is 21.1. The van der Waals surface area contributed by atoms with Crippen LogP contribution >= 0.6 is 23.2 Å². The number of halogens is 2. The van der Waals surface area contributed by atoms with Crippen molar-refractivity contribution in [2.75, 3.05) is 6.54 Å². The molecule has 1 nitrogen and oxygen atoms in total. The lowest BCUT2D eigenvalue weighted by molar-refractivity contribution is 0.450. The van der Waals surface area contributed by atoms with E-state index in [1.807, 2.05) is 12.1 Å². The zero-order chi connectivity index (χ0) is 14.8. The van der Waals surface area contributed by atoms with Gasteiger partial charge in [-0.25, -0.2) is 0 Å². The Bertz CT molecular complexity index is 639. The molecule has 0 saturated heterocycles. The molecule has 0 saturated carbocycles. The lowest BCUT2D eigenvalue weighted by Gasteiger charge is -2.32. The summed E-state index contributed by atoms with van der Waals surface area (Å²) >= 11 is 12.2. The Kier molecular flexibility index (Phi) is 4.54. The molecule has 2 aromatic rings. The Morgan fingerprint density at radius 2 is 1.76 bits per heavy atom. The van der Waals surface area contributed by atoms with Crippen LogP contribution in [0.3, 0.4) is 0 Å². The molecule has 3 rings (SSSR count). The molecule has 0 spiro atoms. The van der Waals surface area contributed by atoms with Gasteiger partial charge in [0.15, 0.2) is 0 Å². The van der Waals surface area contributed by atoms with Crippen LogP contribution in [0, 0.1) is 0 Å². The Labute approximate surface area is 136 Å². The van der Waals surface area contributed by atoms with E-state index >= 15 is 0 Å². The van der Waals surface area contributed by atoms with Gasteiger partial charge in [0, 0.05) is 12.0 Å². The predicted molar refractivity (Wildman–Crippen MR) is 90.4 cm³/mol. The van der Waals surface area contributed by atoms with E-state index in [0.717, 1.165) is 19.4 Å². The SMILES string of the molecule is CCN[C@H]1CC[C@@H](c2ccc(Cl)c(Cl)c2)c2ccccc21. The van der Waals surface area contributed by atoms with Gasteiger partial charge in [-0.3, -0.25) is 0 Å². The van der Waals surface area contributed by atoms with E-state index < -0.39 is 0 Å². The van der Waals surface area contributed by atoms with Gasteiger partial charge >= 0.3 is 0 Å². The van der Waals surface area contributed by atoms with Crippen molar-refractivity contribution >= 4 is 23.2 Å². The van der Waals surface area contributed by atoms with E-state index in [2.05, 4.69) is 42.6 Å². The molecule has 0 radical (unpaired) electrons. The minimum Gasteiger partial charge on any atom is -0.310 e. The van der Waals surface area contributed by atoms with Crippen LogP contribution in [0.15, 0.2) is 42.5 Å². The molecule has 3 heteroatoms. The van der Waals surface area contributed by atoms with Crippen LogP contribution in [0.4, 0.5) is 0 Å². The summed E-state index contributed by atoms with van der Waals surface area (Å²) in [5.41, 5.74) is 4.08. The minimum atomic E-state index is 0.408. The quantitative estimate of drug-likeness (QED) is 0.779. The maximum absolute atomic E-state index is 6.19. The summed E-state index contributed by atoms with van der Waals surface area (Å²) < 4.78 is 0. The predicted octanol–water partition coefficient (Wildman–Crippen LogP) is 5.57. The van der Waals surface area contributed by atoms with E-state index in [0.29, 0.717) is 22.0 Å². The first-order valence-electron chi connectivity index (χ1n) is 7.48. The highest BCUT2D eigenvalue weighted by Gasteiger charge is 2.27. The van der Waals surface area contributed by atoms with Gasteiger partial charge in [-0.05, 0) is 48.2 Å². The molecule has 0 fully saturated rings. The van der Waals surface area contributed by atoms with Crippen molar-refractivity contribution < 1.29 is 0 Å². The number of rotatable bonds is 3. The van der Waals surface area contributed by atoms with Gasteiger partial charge in [-0.2, -0.15) is 0 Å². The second-order valence-corrected chi connectivity index (χ2v) is 6.36. The van der Waals surface area contributed by atoms with Crippen LogP contribution in [-0.2, 0) is 0 Å². The van der Waals surface area contributed by atoms with Gasteiger partial charge in [-0.15, -0.1) is 0 Å².